The minimum absolute atomic E-state index is 0.0931. The number of halogens is 2. The topological polar surface area (TPSA) is 72.5 Å². The predicted molar refractivity (Wildman–Crippen MR) is 122 cm³/mol. The monoisotopic (exact) mass is 460 g/mol. The fourth-order valence-electron chi connectivity index (χ4n) is 5.15. The first-order chi connectivity index (χ1) is 15.1. The third-order valence-electron chi connectivity index (χ3n) is 6.77. The molecule has 5 nitrogen and oxygen atoms in total. The minimum atomic E-state index is -1.12. The summed E-state index contributed by atoms with van der Waals surface area (Å²) in [5.74, 6) is -1.08. The van der Waals surface area contributed by atoms with Gasteiger partial charge in [0.15, 0.2) is 5.82 Å². The highest BCUT2D eigenvalue weighted by Crippen LogP contribution is 2.56. The second-order valence-corrected chi connectivity index (χ2v) is 11.3. The van der Waals surface area contributed by atoms with Gasteiger partial charge < -0.3 is 15.8 Å². The summed E-state index contributed by atoms with van der Waals surface area (Å²) in [7, 11) is -1.12. The molecule has 5 heterocycles. The van der Waals surface area contributed by atoms with Gasteiger partial charge in [-0.15, -0.1) is 11.3 Å². The van der Waals surface area contributed by atoms with E-state index >= 15 is 0 Å². The Balaban J connectivity index is 1.44. The molecule has 2 unspecified atom stereocenters. The van der Waals surface area contributed by atoms with Crippen LogP contribution in [-0.4, -0.2) is 35.8 Å². The van der Waals surface area contributed by atoms with Crippen molar-refractivity contribution in [3.05, 3.63) is 40.9 Å². The molecule has 0 radical (unpaired) electrons. The Bertz CT molecular complexity index is 1220. The summed E-state index contributed by atoms with van der Waals surface area (Å²) in [6, 6.07) is 5.54. The molecule has 0 aliphatic carbocycles. The van der Waals surface area contributed by atoms with Crippen LogP contribution in [0, 0.1) is 11.6 Å². The molecule has 162 valence electrons. The van der Waals surface area contributed by atoms with Crippen molar-refractivity contribution in [1.82, 2.24) is 10.3 Å². The number of anilines is 1. The Hall–Kier alpha value is -2.07. The number of ether oxygens (including phenoxy) is 1. The van der Waals surface area contributed by atoms with E-state index in [0.29, 0.717) is 10.8 Å². The van der Waals surface area contributed by atoms with Gasteiger partial charge in [0.25, 0.3) is 0 Å². The fraction of sp³-hybridized carbons (Fsp3) is 0.364. The molecule has 2 atom stereocenters. The average Bonchev–Trinajstić information content (AvgIpc) is 3.49. The van der Waals surface area contributed by atoms with Crippen LogP contribution in [0.15, 0.2) is 39.2 Å². The third-order valence-corrected chi connectivity index (χ3v) is 10.0. The number of nitrogens with two attached hydrogens (primary N) is 1. The Kier molecular flexibility index (Phi) is 4.57. The highest BCUT2D eigenvalue weighted by atomic mass is 32.2. The van der Waals surface area contributed by atoms with Crippen LogP contribution in [-0.2, 0) is 4.74 Å². The van der Waals surface area contributed by atoms with Gasteiger partial charge in [0.05, 0.1) is 0 Å². The van der Waals surface area contributed by atoms with Gasteiger partial charge in [0.2, 0.25) is 0 Å². The van der Waals surface area contributed by atoms with Crippen LogP contribution in [0.3, 0.4) is 0 Å². The Morgan fingerprint density at radius 1 is 1.23 bits per heavy atom. The van der Waals surface area contributed by atoms with Crippen LogP contribution in [0.2, 0.25) is 0 Å². The normalized spacial score (nSPS) is 25.5. The van der Waals surface area contributed by atoms with Crippen LogP contribution in [0.1, 0.15) is 30.1 Å². The van der Waals surface area contributed by atoms with E-state index in [1.807, 2.05) is 6.07 Å². The molecule has 31 heavy (non-hydrogen) atoms. The van der Waals surface area contributed by atoms with Crippen molar-refractivity contribution >= 4 is 49.4 Å². The molecule has 0 saturated carbocycles. The lowest BCUT2D eigenvalue weighted by Crippen LogP contribution is -2.48. The number of benzene rings is 1. The van der Waals surface area contributed by atoms with Crippen LogP contribution in [0.25, 0.3) is 10.2 Å². The van der Waals surface area contributed by atoms with E-state index in [1.165, 1.54) is 10.9 Å². The van der Waals surface area contributed by atoms with Crippen LogP contribution >= 0.6 is 22.2 Å². The van der Waals surface area contributed by atoms with E-state index in [4.69, 9.17) is 10.5 Å². The molecule has 3 aliphatic heterocycles. The molecule has 6 rings (SSSR count). The molecular weight excluding hydrogens is 438 g/mol. The first kappa shape index (κ1) is 19.6. The van der Waals surface area contributed by atoms with Gasteiger partial charge >= 0.3 is 0 Å². The zero-order valence-electron chi connectivity index (χ0n) is 16.7. The maximum atomic E-state index is 14.5. The van der Waals surface area contributed by atoms with E-state index in [2.05, 4.69) is 21.4 Å². The van der Waals surface area contributed by atoms with E-state index in [0.717, 1.165) is 54.1 Å². The number of nitrogens with zero attached hydrogens (tertiary/aromatic N) is 2. The van der Waals surface area contributed by atoms with Crippen LogP contribution in [0.5, 0.6) is 0 Å². The fourth-order valence-corrected chi connectivity index (χ4v) is 8.54. The summed E-state index contributed by atoms with van der Waals surface area (Å²) in [5, 5.41) is 4.81. The number of hydrogen-bond acceptors (Lipinski definition) is 6. The smallest absolute Gasteiger partial charge is 0.175 e. The van der Waals surface area contributed by atoms with E-state index in [9.17, 15) is 8.78 Å². The largest absolute Gasteiger partial charge is 0.394 e. The van der Waals surface area contributed by atoms with Gasteiger partial charge in [-0.05, 0) is 44.0 Å². The summed E-state index contributed by atoms with van der Waals surface area (Å²) in [6.07, 6.45) is 4.90. The summed E-state index contributed by atoms with van der Waals surface area (Å²) in [6.45, 7) is 2.58. The third kappa shape index (κ3) is 2.94. The molecule has 3 aliphatic rings. The second-order valence-electron chi connectivity index (χ2n) is 8.30. The van der Waals surface area contributed by atoms with Gasteiger partial charge in [-0.25, -0.2) is 18.8 Å². The maximum absolute atomic E-state index is 14.5. The number of aromatic nitrogens is 1. The van der Waals surface area contributed by atoms with Crippen molar-refractivity contribution in [3.8, 4) is 0 Å². The number of aliphatic imine (C=N–C) groups is 1. The van der Waals surface area contributed by atoms with Gasteiger partial charge in [-0.2, -0.15) is 10.9 Å². The van der Waals surface area contributed by atoms with Crippen molar-refractivity contribution in [2.24, 2.45) is 4.99 Å². The lowest BCUT2D eigenvalue weighted by atomic mass is 9.78. The summed E-state index contributed by atoms with van der Waals surface area (Å²) < 4.78 is 34.3. The molecule has 0 bridgehead atoms. The van der Waals surface area contributed by atoms with E-state index in [1.54, 1.807) is 23.1 Å². The van der Waals surface area contributed by atoms with Gasteiger partial charge in [-0.1, -0.05) is 0 Å². The highest BCUT2D eigenvalue weighted by Gasteiger charge is 2.45. The highest BCUT2D eigenvalue weighted by molar-refractivity contribution is 8.29. The van der Waals surface area contributed by atoms with Crippen molar-refractivity contribution in [2.45, 2.75) is 40.5 Å². The predicted octanol–water partition coefficient (Wildman–Crippen LogP) is 4.88. The van der Waals surface area contributed by atoms with Gasteiger partial charge in [0.1, 0.15) is 22.0 Å². The first-order valence-electron chi connectivity index (χ1n) is 10.4. The zero-order chi connectivity index (χ0) is 21.2. The summed E-state index contributed by atoms with van der Waals surface area (Å²) in [5.41, 5.74) is 7.05. The van der Waals surface area contributed by atoms with Crippen molar-refractivity contribution in [1.29, 1.82) is 0 Å². The molecule has 3 aromatic rings. The number of nitrogen functional groups attached to an aromatic ring is 1. The zero-order valence-corrected chi connectivity index (χ0v) is 18.4. The molecular formula is C22H22F2N4OS2. The molecule has 2 saturated heterocycles. The van der Waals surface area contributed by atoms with Crippen LogP contribution < -0.4 is 11.1 Å². The average molecular weight is 461 g/mol. The Morgan fingerprint density at radius 2 is 2.06 bits per heavy atom. The number of hydrogen-bond donors (Lipinski definition) is 3. The number of rotatable bonds is 2. The lowest BCUT2D eigenvalue weighted by Gasteiger charge is -2.38. The van der Waals surface area contributed by atoms with Crippen molar-refractivity contribution < 1.29 is 13.5 Å². The number of fused-ring (bicyclic) bond motifs is 2. The number of pyridine rings is 1. The summed E-state index contributed by atoms with van der Waals surface area (Å²) in [4.78, 5) is 12.8. The quantitative estimate of drug-likeness (QED) is 0.377. The molecule has 2 fully saturated rings. The second kappa shape index (κ2) is 7.23. The minimum Gasteiger partial charge on any atom is -0.394 e. The standard InChI is InChI=1S/C22H22F2N4OS2/c23-14-10-17-20(18(24)19(14)25)27-11-31(17)16-2-5-26-21-12(16)9-15(30-21)13-1-6-28-22(13)3-7-29-8-4-22/h2,5,9-11,13,28,31H,1,3-4,6-8,25H2. The first-order valence-corrected chi connectivity index (χ1v) is 12.6. The number of thiophene rings is 1. The molecule has 1 aromatic carbocycles. The number of nitrogens with one attached hydrogen (secondary N) is 1. The molecule has 9 heteroatoms. The summed E-state index contributed by atoms with van der Waals surface area (Å²) >= 11 is 1.73. The molecule has 3 N–H and O–H groups in total. The van der Waals surface area contributed by atoms with Gasteiger partial charge in [-0.3, -0.25) is 0 Å². The SMILES string of the molecule is Nc1c(F)cc2c(c1F)N=C[SH]2c1ccnc2sc(C3CCNC34CCOCC4)cc12. The molecule has 1 spiro atoms. The van der Waals surface area contributed by atoms with E-state index in [-0.39, 0.29) is 11.2 Å². The number of thiol groups is 1. The lowest BCUT2D eigenvalue weighted by molar-refractivity contribution is 0.0397. The Morgan fingerprint density at radius 3 is 2.90 bits per heavy atom. The maximum Gasteiger partial charge on any atom is 0.175 e. The van der Waals surface area contributed by atoms with E-state index < -0.39 is 28.2 Å². The molecule has 2 aromatic heterocycles. The van der Waals surface area contributed by atoms with Gasteiger partial charge in [0, 0.05) is 56.5 Å². The van der Waals surface area contributed by atoms with Crippen LogP contribution in [0.4, 0.5) is 20.2 Å². The van der Waals surface area contributed by atoms with Crippen molar-refractivity contribution in [3.63, 3.8) is 0 Å². The Labute approximate surface area is 185 Å². The molecule has 0 amide bonds. The van der Waals surface area contributed by atoms with Crippen molar-refractivity contribution in [2.75, 3.05) is 25.5 Å².